The largest absolute Gasteiger partial charge is 0.484 e. The van der Waals surface area contributed by atoms with E-state index < -0.39 is 10.0 Å². The minimum absolute atomic E-state index is 0.00592. The number of nitrogens with one attached hydrogen (secondary N) is 2. The van der Waals surface area contributed by atoms with Gasteiger partial charge in [0, 0.05) is 10.5 Å². The second-order valence-electron chi connectivity index (χ2n) is 8.01. The van der Waals surface area contributed by atoms with Crippen LogP contribution in [-0.4, -0.2) is 27.0 Å². The third kappa shape index (κ3) is 6.79. The molecular weight excluding hydrogens is 480 g/mol. The fourth-order valence-corrected chi connectivity index (χ4v) is 5.37. The van der Waals surface area contributed by atoms with Gasteiger partial charge in [0.2, 0.25) is 10.0 Å². The van der Waals surface area contributed by atoms with E-state index >= 15 is 0 Å². The molecule has 31 heavy (non-hydrogen) atoms. The monoisotopic (exact) mass is 508 g/mol. The first kappa shape index (κ1) is 23.8. The predicted octanol–water partition coefficient (Wildman–Crippen LogP) is 4.62. The average molecular weight is 509 g/mol. The highest BCUT2D eigenvalue weighted by molar-refractivity contribution is 9.10. The Morgan fingerprint density at radius 2 is 1.81 bits per heavy atom. The van der Waals surface area contributed by atoms with Gasteiger partial charge in [0.25, 0.3) is 5.91 Å². The Bertz CT molecular complexity index is 1000. The smallest absolute Gasteiger partial charge is 0.258 e. The van der Waals surface area contributed by atoms with Gasteiger partial charge in [-0.05, 0) is 68.1 Å². The van der Waals surface area contributed by atoms with Crippen LogP contribution in [0.15, 0.2) is 51.8 Å². The summed E-state index contributed by atoms with van der Waals surface area (Å²) in [6.45, 7) is 3.54. The first-order valence-corrected chi connectivity index (χ1v) is 12.8. The summed E-state index contributed by atoms with van der Waals surface area (Å²) >= 11 is 3.40. The second kappa shape index (κ2) is 10.6. The molecule has 8 heteroatoms. The average Bonchev–Trinajstić information content (AvgIpc) is 2.73. The maximum absolute atomic E-state index is 12.7. The van der Waals surface area contributed by atoms with E-state index in [0.29, 0.717) is 11.3 Å². The van der Waals surface area contributed by atoms with Crippen LogP contribution in [0.1, 0.15) is 56.2 Å². The van der Waals surface area contributed by atoms with Crippen LogP contribution in [0.2, 0.25) is 0 Å². The molecule has 1 fully saturated rings. The second-order valence-corrected chi connectivity index (χ2v) is 10.6. The molecule has 0 saturated heterocycles. The molecule has 1 saturated carbocycles. The molecule has 0 unspecified atom stereocenters. The molecule has 0 bridgehead atoms. The Morgan fingerprint density at radius 1 is 1.13 bits per heavy atom. The van der Waals surface area contributed by atoms with Crippen molar-refractivity contribution in [2.75, 3.05) is 6.61 Å². The van der Waals surface area contributed by atoms with E-state index in [9.17, 15) is 13.2 Å². The third-order valence-corrected chi connectivity index (χ3v) is 7.54. The van der Waals surface area contributed by atoms with Crippen molar-refractivity contribution < 1.29 is 17.9 Å². The fourth-order valence-electron chi connectivity index (χ4n) is 3.72. The Kier molecular flexibility index (Phi) is 8.13. The number of aryl methyl sites for hydroxylation is 1. The van der Waals surface area contributed by atoms with Crippen molar-refractivity contribution in [2.45, 2.75) is 62.9 Å². The lowest BCUT2D eigenvalue weighted by Gasteiger charge is -2.22. The molecule has 1 amide bonds. The summed E-state index contributed by atoms with van der Waals surface area (Å²) < 4.78 is 34.8. The van der Waals surface area contributed by atoms with Crippen molar-refractivity contribution in [3.63, 3.8) is 0 Å². The number of halogens is 1. The molecule has 6 nitrogen and oxygen atoms in total. The molecule has 3 rings (SSSR count). The molecule has 0 heterocycles. The highest BCUT2D eigenvalue weighted by atomic mass is 79.9. The summed E-state index contributed by atoms with van der Waals surface area (Å²) in [6.07, 6.45) is 5.04. The van der Waals surface area contributed by atoms with Gasteiger partial charge in [-0.25, -0.2) is 13.1 Å². The van der Waals surface area contributed by atoms with Crippen LogP contribution in [0.5, 0.6) is 5.75 Å². The molecule has 0 radical (unpaired) electrons. The number of benzene rings is 2. The fraction of sp³-hybridized carbons (Fsp3) is 0.435. The number of hydrogen-bond donors (Lipinski definition) is 2. The molecule has 0 aromatic heterocycles. The van der Waals surface area contributed by atoms with Crippen LogP contribution in [-0.2, 0) is 14.8 Å². The van der Waals surface area contributed by atoms with Crippen LogP contribution in [0.3, 0.4) is 0 Å². The minimum Gasteiger partial charge on any atom is -0.484 e. The molecule has 2 aromatic rings. The summed E-state index contributed by atoms with van der Waals surface area (Å²) in [4.78, 5) is 12.5. The zero-order valence-corrected chi connectivity index (χ0v) is 20.3. The molecular formula is C23H29BrN2O4S. The van der Waals surface area contributed by atoms with Gasteiger partial charge in [-0.15, -0.1) is 0 Å². The van der Waals surface area contributed by atoms with Gasteiger partial charge < -0.3 is 10.1 Å². The molecule has 2 aromatic carbocycles. The molecule has 0 aliphatic heterocycles. The number of ether oxygens (including phenoxy) is 1. The van der Waals surface area contributed by atoms with E-state index in [1.807, 2.05) is 31.2 Å². The Morgan fingerprint density at radius 3 is 2.45 bits per heavy atom. The van der Waals surface area contributed by atoms with Gasteiger partial charge in [0.05, 0.1) is 10.9 Å². The minimum atomic E-state index is -3.57. The Labute approximate surface area is 193 Å². The first-order valence-electron chi connectivity index (χ1n) is 10.6. The SMILES string of the molecule is Cc1cc(S(=O)(=O)NC2CCCCC2)ccc1OCC(=O)N[C@@H](C)c1ccc(Br)cc1. The highest BCUT2D eigenvalue weighted by Crippen LogP contribution is 2.24. The van der Waals surface area contributed by atoms with Gasteiger partial charge in [-0.3, -0.25) is 4.79 Å². The van der Waals surface area contributed by atoms with E-state index in [0.717, 1.165) is 35.7 Å². The molecule has 1 atom stereocenters. The molecule has 1 aliphatic carbocycles. The van der Waals surface area contributed by atoms with Crippen LogP contribution >= 0.6 is 15.9 Å². The standard InChI is InChI=1S/C23H29BrN2O4S/c1-16-14-21(31(28,29)26-20-6-4-3-5-7-20)12-13-22(16)30-15-23(27)25-17(2)18-8-10-19(24)11-9-18/h8-14,17,20,26H,3-7,15H2,1-2H3,(H,25,27)/t17-/m0/s1. The van der Waals surface area contributed by atoms with E-state index in [1.165, 1.54) is 12.5 Å². The van der Waals surface area contributed by atoms with Crippen molar-refractivity contribution in [1.82, 2.24) is 10.0 Å². The highest BCUT2D eigenvalue weighted by Gasteiger charge is 2.22. The number of carbonyl (C=O) groups is 1. The zero-order chi connectivity index (χ0) is 22.4. The summed E-state index contributed by atoms with van der Waals surface area (Å²) in [5.41, 5.74) is 1.66. The Hall–Kier alpha value is -1.90. The maximum Gasteiger partial charge on any atom is 0.258 e. The van der Waals surface area contributed by atoms with Crippen LogP contribution in [0.25, 0.3) is 0 Å². The lowest BCUT2D eigenvalue weighted by molar-refractivity contribution is -0.123. The van der Waals surface area contributed by atoms with E-state index in [4.69, 9.17) is 4.74 Å². The lowest BCUT2D eigenvalue weighted by atomic mass is 9.96. The van der Waals surface area contributed by atoms with Crippen molar-refractivity contribution in [2.24, 2.45) is 0 Å². The normalized spacial score (nSPS) is 16.0. The quantitative estimate of drug-likeness (QED) is 0.544. The summed E-state index contributed by atoms with van der Waals surface area (Å²) in [7, 11) is -3.57. The van der Waals surface area contributed by atoms with Gasteiger partial charge in [0.1, 0.15) is 5.75 Å². The van der Waals surface area contributed by atoms with Crippen molar-refractivity contribution in [3.05, 3.63) is 58.1 Å². The van der Waals surface area contributed by atoms with E-state index in [2.05, 4.69) is 26.0 Å². The topological polar surface area (TPSA) is 84.5 Å². The van der Waals surface area contributed by atoms with Gasteiger partial charge in [-0.1, -0.05) is 47.3 Å². The molecule has 2 N–H and O–H groups in total. The van der Waals surface area contributed by atoms with Crippen molar-refractivity contribution in [1.29, 1.82) is 0 Å². The van der Waals surface area contributed by atoms with Gasteiger partial charge in [-0.2, -0.15) is 0 Å². The van der Waals surface area contributed by atoms with Gasteiger partial charge >= 0.3 is 0 Å². The number of sulfonamides is 1. The number of hydrogen-bond acceptors (Lipinski definition) is 4. The zero-order valence-electron chi connectivity index (χ0n) is 17.9. The van der Waals surface area contributed by atoms with Crippen LogP contribution < -0.4 is 14.8 Å². The summed E-state index contributed by atoms with van der Waals surface area (Å²) in [6, 6.07) is 12.3. The number of carbonyl (C=O) groups excluding carboxylic acids is 1. The Balaban J connectivity index is 1.56. The third-order valence-electron chi connectivity index (χ3n) is 5.49. The van der Waals surface area contributed by atoms with Crippen molar-refractivity contribution >= 4 is 31.9 Å². The van der Waals surface area contributed by atoms with Crippen molar-refractivity contribution in [3.8, 4) is 5.75 Å². The number of rotatable bonds is 8. The van der Waals surface area contributed by atoms with Crippen LogP contribution in [0.4, 0.5) is 0 Å². The van der Waals surface area contributed by atoms with E-state index in [1.54, 1.807) is 19.1 Å². The summed E-state index contributed by atoms with van der Waals surface area (Å²) in [5.74, 6) is 0.244. The molecule has 1 aliphatic rings. The van der Waals surface area contributed by atoms with E-state index in [-0.39, 0.29) is 29.5 Å². The molecule has 168 valence electrons. The predicted molar refractivity (Wildman–Crippen MR) is 125 cm³/mol. The lowest BCUT2D eigenvalue weighted by Crippen LogP contribution is -2.36. The molecule has 0 spiro atoms. The first-order chi connectivity index (χ1) is 14.7. The summed E-state index contributed by atoms with van der Waals surface area (Å²) in [5, 5.41) is 2.90. The number of amides is 1. The van der Waals surface area contributed by atoms with Gasteiger partial charge in [0.15, 0.2) is 6.61 Å². The van der Waals surface area contributed by atoms with Crippen LogP contribution in [0, 0.1) is 6.92 Å². The maximum atomic E-state index is 12.7.